The maximum atomic E-state index is 12.7. The molecular formula is C13H18N4O2S. The van der Waals surface area contributed by atoms with Crippen LogP contribution in [-0.4, -0.2) is 50.3 Å². The van der Waals surface area contributed by atoms with Gasteiger partial charge < -0.3 is 10.6 Å². The summed E-state index contributed by atoms with van der Waals surface area (Å²) < 4.78 is 26.9. The van der Waals surface area contributed by atoms with Gasteiger partial charge in [-0.05, 0) is 32.2 Å². The lowest BCUT2D eigenvalue weighted by Gasteiger charge is -2.37. The van der Waals surface area contributed by atoms with Crippen molar-refractivity contribution < 1.29 is 8.42 Å². The van der Waals surface area contributed by atoms with E-state index in [0.29, 0.717) is 25.3 Å². The lowest BCUT2D eigenvalue weighted by molar-refractivity contribution is 0.170. The molecule has 0 bridgehead atoms. The van der Waals surface area contributed by atoms with Crippen LogP contribution in [0.4, 0.5) is 5.69 Å². The minimum Gasteiger partial charge on any atom is -0.399 e. The molecule has 0 radical (unpaired) electrons. The molecule has 1 aliphatic heterocycles. The first-order valence-electron chi connectivity index (χ1n) is 6.36. The highest BCUT2D eigenvalue weighted by molar-refractivity contribution is 7.89. The first-order valence-corrected chi connectivity index (χ1v) is 7.80. The van der Waals surface area contributed by atoms with Crippen LogP contribution in [-0.2, 0) is 10.0 Å². The number of nitrogens with two attached hydrogens (primary N) is 1. The molecule has 1 aromatic rings. The van der Waals surface area contributed by atoms with Gasteiger partial charge in [0.2, 0.25) is 10.0 Å². The van der Waals surface area contributed by atoms with E-state index in [-0.39, 0.29) is 16.5 Å². The summed E-state index contributed by atoms with van der Waals surface area (Å²) in [4.78, 5) is 2.12. The van der Waals surface area contributed by atoms with Crippen molar-refractivity contribution in [2.75, 3.05) is 32.4 Å². The van der Waals surface area contributed by atoms with E-state index < -0.39 is 10.0 Å². The molecule has 1 fully saturated rings. The van der Waals surface area contributed by atoms with Gasteiger partial charge in [0, 0.05) is 31.4 Å². The fourth-order valence-corrected chi connectivity index (χ4v) is 4.20. The topological polar surface area (TPSA) is 90.4 Å². The predicted octanol–water partition coefficient (Wildman–Crippen LogP) is 0.465. The summed E-state index contributed by atoms with van der Waals surface area (Å²) in [5, 5.41) is 9.12. The molecule has 1 aliphatic rings. The maximum Gasteiger partial charge on any atom is 0.244 e. The molecule has 7 heteroatoms. The van der Waals surface area contributed by atoms with Gasteiger partial charge >= 0.3 is 0 Å². The van der Waals surface area contributed by atoms with Gasteiger partial charge in [0.15, 0.2) is 0 Å². The van der Waals surface area contributed by atoms with Crippen LogP contribution < -0.4 is 5.73 Å². The number of anilines is 1. The largest absolute Gasteiger partial charge is 0.399 e. The van der Waals surface area contributed by atoms with E-state index in [0.717, 1.165) is 0 Å². The number of likely N-dealkylation sites (N-methyl/N-ethyl adjacent to an activating group) is 1. The Morgan fingerprint density at radius 3 is 2.70 bits per heavy atom. The number of hydrogen-bond acceptors (Lipinski definition) is 5. The molecule has 0 amide bonds. The fourth-order valence-electron chi connectivity index (χ4n) is 2.47. The summed E-state index contributed by atoms with van der Waals surface area (Å²) in [6, 6.07) is 6.10. The molecule has 0 spiro atoms. The average Bonchev–Trinajstić information content (AvgIpc) is 2.37. The van der Waals surface area contributed by atoms with Crippen LogP contribution in [0.3, 0.4) is 0 Å². The Morgan fingerprint density at radius 1 is 1.40 bits per heavy atom. The molecule has 1 unspecified atom stereocenters. The van der Waals surface area contributed by atoms with Crippen LogP contribution in [0.15, 0.2) is 23.1 Å². The van der Waals surface area contributed by atoms with Crippen molar-refractivity contribution in [1.29, 1.82) is 5.26 Å². The van der Waals surface area contributed by atoms with Gasteiger partial charge in [-0.15, -0.1) is 0 Å². The Labute approximate surface area is 119 Å². The summed E-state index contributed by atoms with van der Waals surface area (Å²) in [5.74, 6) is 0. The Morgan fingerprint density at radius 2 is 2.10 bits per heavy atom. The number of piperazine rings is 1. The van der Waals surface area contributed by atoms with Gasteiger partial charge in [-0.2, -0.15) is 9.57 Å². The van der Waals surface area contributed by atoms with Crippen molar-refractivity contribution in [2.24, 2.45) is 0 Å². The highest BCUT2D eigenvalue weighted by Gasteiger charge is 2.34. The fraction of sp³-hybridized carbons (Fsp3) is 0.462. The van der Waals surface area contributed by atoms with Gasteiger partial charge in [-0.1, -0.05) is 0 Å². The number of nitrogen functional groups attached to an aromatic ring is 1. The molecule has 0 aromatic heterocycles. The molecule has 2 N–H and O–H groups in total. The number of hydrogen-bond donors (Lipinski definition) is 1. The third-order valence-electron chi connectivity index (χ3n) is 3.48. The summed E-state index contributed by atoms with van der Waals surface area (Å²) >= 11 is 0. The minimum atomic E-state index is -3.67. The number of sulfonamides is 1. The molecule has 1 saturated heterocycles. The summed E-state index contributed by atoms with van der Waals surface area (Å²) in [6.07, 6.45) is 0. The lowest BCUT2D eigenvalue weighted by Crippen LogP contribution is -2.52. The lowest BCUT2D eigenvalue weighted by atomic mass is 10.2. The zero-order valence-corrected chi connectivity index (χ0v) is 12.4. The third-order valence-corrected chi connectivity index (χ3v) is 5.55. The standard InChI is InChI=1S/C13H18N4O2S/c1-10-9-16(2)5-6-17(10)20(18,19)13-4-3-12(15)7-11(13)8-14/h3-4,7,10H,5-6,9,15H2,1-2H3. The van der Waals surface area contributed by atoms with Crippen molar-refractivity contribution >= 4 is 15.7 Å². The Balaban J connectivity index is 2.43. The number of benzene rings is 1. The van der Waals surface area contributed by atoms with Crippen molar-refractivity contribution in [3.05, 3.63) is 23.8 Å². The Kier molecular flexibility index (Phi) is 3.99. The van der Waals surface area contributed by atoms with E-state index in [1.807, 2.05) is 20.0 Å². The van der Waals surface area contributed by atoms with E-state index in [1.54, 1.807) is 0 Å². The molecule has 108 valence electrons. The minimum absolute atomic E-state index is 0.0330. The third kappa shape index (κ3) is 2.63. The number of nitrogens with zero attached hydrogens (tertiary/aromatic N) is 3. The van der Waals surface area contributed by atoms with Crippen LogP contribution >= 0.6 is 0 Å². The monoisotopic (exact) mass is 294 g/mol. The van der Waals surface area contributed by atoms with E-state index in [1.165, 1.54) is 22.5 Å². The summed E-state index contributed by atoms with van der Waals surface area (Å²) in [5.41, 5.74) is 6.08. The molecule has 1 heterocycles. The maximum absolute atomic E-state index is 12.7. The van der Waals surface area contributed by atoms with Gasteiger partial charge in [0.05, 0.1) is 5.56 Å². The normalized spacial score (nSPS) is 21.6. The van der Waals surface area contributed by atoms with E-state index in [4.69, 9.17) is 11.0 Å². The van der Waals surface area contributed by atoms with Crippen LogP contribution in [0.25, 0.3) is 0 Å². The van der Waals surface area contributed by atoms with Crippen molar-refractivity contribution in [1.82, 2.24) is 9.21 Å². The smallest absolute Gasteiger partial charge is 0.244 e. The summed E-state index contributed by atoms with van der Waals surface area (Å²) in [6.45, 7) is 3.66. The van der Waals surface area contributed by atoms with Crippen LogP contribution in [0.2, 0.25) is 0 Å². The highest BCUT2D eigenvalue weighted by Crippen LogP contribution is 2.25. The van der Waals surface area contributed by atoms with Crippen molar-refractivity contribution in [2.45, 2.75) is 17.9 Å². The highest BCUT2D eigenvalue weighted by atomic mass is 32.2. The van der Waals surface area contributed by atoms with Crippen LogP contribution in [0, 0.1) is 11.3 Å². The molecule has 2 rings (SSSR count). The van der Waals surface area contributed by atoms with Crippen molar-refractivity contribution in [3.63, 3.8) is 0 Å². The molecule has 1 aromatic carbocycles. The molecular weight excluding hydrogens is 276 g/mol. The van der Waals surface area contributed by atoms with E-state index in [9.17, 15) is 8.42 Å². The molecule has 20 heavy (non-hydrogen) atoms. The zero-order chi connectivity index (χ0) is 14.9. The SMILES string of the molecule is CC1CN(C)CCN1S(=O)(=O)c1ccc(N)cc1C#N. The predicted molar refractivity (Wildman–Crippen MR) is 76.4 cm³/mol. The molecule has 0 saturated carbocycles. The second-order valence-electron chi connectivity index (χ2n) is 5.09. The molecule has 1 atom stereocenters. The zero-order valence-electron chi connectivity index (χ0n) is 11.6. The van der Waals surface area contributed by atoms with Crippen LogP contribution in [0.1, 0.15) is 12.5 Å². The van der Waals surface area contributed by atoms with E-state index in [2.05, 4.69) is 4.90 Å². The van der Waals surface area contributed by atoms with Crippen LogP contribution in [0.5, 0.6) is 0 Å². The second-order valence-corrected chi connectivity index (χ2v) is 6.95. The van der Waals surface area contributed by atoms with Gasteiger partial charge in [-0.3, -0.25) is 0 Å². The van der Waals surface area contributed by atoms with Crippen molar-refractivity contribution in [3.8, 4) is 6.07 Å². The molecule has 6 nitrogen and oxygen atoms in total. The van der Waals surface area contributed by atoms with Gasteiger partial charge in [-0.25, -0.2) is 8.42 Å². The Hall–Kier alpha value is -1.62. The van der Waals surface area contributed by atoms with Gasteiger partial charge in [0.1, 0.15) is 11.0 Å². The average molecular weight is 294 g/mol. The quantitative estimate of drug-likeness (QED) is 0.800. The second kappa shape index (κ2) is 5.40. The van der Waals surface area contributed by atoms with E-state index >= 15 is 0 Å². The number of nitriles is 1. The first-order chi connectivity index (χ1) is 9.36. The first kappa shape index (κ1) is 14.8. The van der Waals surface area contributed by atoms with Gasteiger partial charge in [0.25, 0.3) is 0 Å². The Bertz CT molecular complexity index is 651. The molecule has 0 aliphatic carbocycles. The number of rotatable bonds is 2. The summed E-state index contributed by atoms with van der Waals surface area (Å²) in [7, 11) is -1.70.